The molecule has 0 heterocycles. The van der Waals surface area contributed by atoms with E-state index in [1.807, 2.05) is 6.07 Å². The quantitative estimate of drug-likeness (QED) is 0.433. The minimum Gasteiger partial charge on any atom is -0.437 e. The van der Waals surface area contributed by atoms with Crippen molar-refractivity contribution in [2.45, 2.75) is 88.6 Å². The van der Waals surface area contributed by atoms with Gasteiger partial charge in [0.05, 0.1) is 0 Å². The maximum Gasteiger partial charge on any atom is 0.350 e. The molecule has 0 radical (unpaired) electrons. The zero-order valence-corrected chi connectivity index (χ0v) is 19.6. The molecule has 0 bridgehead atoms. The van der Waals surface area contributed by atoms with Gasteiger partial charge >= 0.3 is 17.1 Å². The van der Waals surface area contributed by atoms with Gasteiger partial charge in [0.2, 0.25) is 0 Å². The number of rotatable bonds is 7. The molecule has 0 aliphatic rings. The lowest BCUT2D eigenvalue weighted by atomic mass is 10.4. The summed E-state index contributed by atoms with van der Waals surface area (Å²) >= 11 is 0. The van der Waals surface area contributed by atoms with Gasteiger partial charge in [-0.25, -0.2) is 0 Å². The topological polar surface area (TPSA) is 27.7 Å². The van der Waals surface area contributed by atoms with Crippen molar-refractivity contribution in [3.05, 3.63) is 30.3 Å². The van der Waals surface area contributed by atoms with E-state index in [-0.39, 0.29) is 29.7 Å². The van der Waals surface area contributed by atoms with Gasteiger partial charge in [-0.3, -0.25) is 0 Å². The van der Waals surface area contributed by atoms with Crippen molar-refractivity contribution in [1.82, 2.24) is 0 Å². The minimum atomic E-state index is -2.48. The summed E-state index contributed by atoms with van der Waals surface area (Å²) in [6.45, 7) is 19.8. The first-order valence-corrected chi connectivity index (χ1v) is 19.8. The van der Waals surface area contributed by atoms with Gasteiger partial charge in [-0.1, -0.05) is 60.0 Å². The van der Waals surface area contributed by atoms with Crippen LogP contribution in [0.15, 0.2) is 30.3 Å². The van der Waals surface area contributed by atoms with Crippen LogP contribution < -0.4 is 5.19 Å². The lowest BCUT2D eigenvalue weighted by Crippen LogP contribution is -2.62. The highest BCUT2D eigenvalue weighted by Gasteiger charge is 2.45. The van der Waals surface area contributed by atoms with Gasteiger partial charge in [0.25, 0.3) is 0 Å². The van der Waals surface area contributed by atoms with Crippen LogP contribution in [-0.4, -0.2) is 33.8 Å². The predicted octanol–water partition coefficient (Wildman–Crippen LogP) is 6.93. The first-order valence-electron chi connectivity index (χ1n) is 7.89. The Morgan fingerprint density at radius 3 is 1.27 bits per heavy atom. The smallest absolute Gasteiger partial charge is 0.350 e. The molecule has 0 spiro atoms. The second-order valence-corrected chi connectivity index (χ2v) is 24.4. The summed E-state index contributed by atoms with van der Waals surface area (Å²) in [5.41, 5.74) is 0. The van der Waals surface area contributed by atoms with E-state index in [0.29, 0.717) is 0 Å². The maximum absolute atomic E-state index is 6.67. The molecule has 0 aromatic heterocycles. The van der Waals surface area contributed by atoms with E-state index in [1.165, 1.54) is 5.19 Å². The average Bonchev–Trinajstić information content (AvgIpc) is 2.22. The van der Waals surface area contributed by atoms with Crippen LogP contribution in [0, 0.1) is 0 Å². The second kappa shape index (κ2) is 11.7. The Hall–Kier alpha value is -0.0325. The molecule has 0 saturated carbocycles. The van der Waals surface area contributed by atoms with Gasteiger partial charge in [-0.05, 0) is 64.1 Å². The van der Waals surface area contributed by atoms with Crippen molar-refractivity contribution in [2.75, 3.05) is 0 Å². The summed E-state index contributed by atoms with van der Waals surface area (Å²) in [7, 11) is -8.07. The predicted molar refractivity (Wildman–Crippen MR) is 132 cm³/mol. The van der Waals surface area contributed by atoms with Crippen molar-refractivity contribution < 1.29 is 12.3 Å². The van der Waals surface area contributed by atoms with E-state index in [4.69, 9.17) is 12.3 Å². The van der Waals surface area contributed by atoms with Gasteiger partial charge in [-0.2, -0.15) is 0 Å². The zero-order chi connectivity index (χ0) is 17.2. The molecular formula is C19H48O3Si4. The van der Waals surface area contributed by atoms with Crippen molar-refractivity contribution in [1.29, 1.82) is 0 Å². The Labute approximate surface area is 170 Å². The van der Waals surface area contributed by atoms with Crippen LogP contribution >= 0.6 is 0 Å². The molecule has 7 heteroatoms. The number of benzene rings is 1. The lowest BCUT2D eigenvalue weighted by molar-refractivity contribution is 0.337. The lowest BCUT2D eigenvalue weighted by Gasteiger charge is -2.41. The maximum atomic E-state index is 6.67. The summed E-state index contributed by atoms with van der Waals surface area (Å²) in [6.07, 6.45) is 0. The van der Waals surface area contributed by atoms with Gasteiger partial charge in [0, 0.05) is 0 Å². The van der Waals surface area contributed by atoms with Gasteiger partial charge in [0.15, 0.2) is 16.6 Å². The molecule has 0 N–H and O–H groups in total. The minimum absolute atomic E-state index is 0. The van der Waals surface area contributed by atoms with E-state index in [9.17, 15) is 0 Å². The van der Waals surface area contributed by atoms with Crippen LogP contribution in [0.5, 0.6) is 0 Å². The summed E-state index contributed by atoms with van der Waals surface area (Å²) in [5.74, 6) is 0. The standard InChI is InChI=1S/C15H32O3Si4.4CH4/c1-19(2,3)16-21(7,8)18-22(9,17-20(4,5)6)15-13-11-10-12-14-15;;;;/h10-14H,1-9H3;4*1H4. The van der Waals surface area contributed by atoms with E-state index in [0.717, 1.165) is 0 Å². The van der Waals surface area contributed by atoms with Crippen molar-refractivity contribution >= 4 is 38.9 Å². The molecule has 26 heavy (non-hydrogen) atoms. The summed E-state index contributed by atoms with van der Waals surface area (Å²) in [6, 6.07) is 10.4. The Kier molecular flexibility index (Phi) is 15.1. The molecule has 0 aliphatic heterocycles. The molecular weight excluding hydrogens is 389 g/mol. The highest BCUT2D eigenvalue weighted by Crippen LogP contribution is 2.24. The van der Waals surface area contributed by atoms with Crippen molar-refractivity contribution in [3.63, 3.8) is 0 Å². The van der Waals surface area contributed by atoms with Crippen LogP contribution in [0.3, 0.4) is 0 Å². The number of hydrogen-bond donors (Lipinski definition) is 0. The van der Waals surface area contributed by atoms with Crippen LogP contribution in [0.25, 0.3) is 0 Å². The van der Waals surface area contributed by atoms with Gasteiger partial charge in [0.1, 0.15) is 0 Å². The van der Waals surface area contributed by atoms with Crippen LogP contribution in [-0.2, 0) is 12.3 Å². The Balaban J connectivity index is -0.000000605. The van der Waals surface area contributed by atoms with Crippen LogP contribution in [0.2, 0.25) is 58.9 Å². The molecule has 1 aromatic carbocycles. The number of hydrogen-bond acceptors (Lipinski definition) is 3. The highest BCUT2D eigenvalue weighted by atomic mass is 28.5. The molecule has 0 saturated heterocycles. The van der Waals surface area contributed by atoms with E-state index in [2.05, 4.69) is 83.2 Å². The third kappa shape index (κ3) is 12.4. The third-order valence-corrected chi connectivity index (χ3v) is 16.1. The fraction of sp³-hybridized carbons (Fsp3) is 0.684. The highest BCUT2D eigenvalue weighted by molar-refractivity contribution is 6.94. The molecule has 1 rings (SSSR count). The Morgan fingerprint density at radius 2 is 0.923 bits per heavy atom. The summed E-state index contributed by atoms with van der Waals surface area (Å²) in [4.78, 5) is 0. The van der Waals surface area contributed by atoms with E-state index in [1.54, 1.807) is 0 Å². The van der Waals surface area contributed by atoms with Gasteiger partial charge in [-0.15, -0.1) is 0 Å². The fourth-order valence-electron chi connectivity index (χ4n) is 2.69. The summed E-state index contributed by atoms with van der Waals surface area (Å²) in [5, 5.41) is 1.19. The van der Waals surface area contributed by atoms with E-state index >= 15 is 0 Å². The molecule has 1 unspecified atom stereocenters. The largest absolute Gasteiger partial charge is 0.437 e. The third-order valence-electron chi connectivity index (χ3n) is 2.79. The Morgan fingerprint density at radius 1 is 0.538 bits per heavy atom. The molecule has 1 aromatic rings. The Bertz CT molecular complexity index is 482. The van der Waals surface area contributed by atoms with Crippen LogP contribution in [0.4, 0.5) is 0 Å². The normalized spacial score (nSPS) is 13.9. The molecule has 1 atom stereocenters. The van der Waals surface area contributed by atoms with Crippen LogP contribution in [0.1, 0.15) is 29.7 Å². The zero-order valence-electron chi connectivity index (χ0n) is 15.6. The SMILES string of the molecule is C.C.C.C.C[Si](C)(C)O[Si](C)(C)O[Si](C)(O[Si](C)(C)C)c1ccccc1. The molecule has 3 nitrogen and oxygen atoms in total. The molecule has 158 valence electrons. The monoisotopic (exact) mass is 436 g/mol. The summed E-state index contributed by atoms with van der Waals surface area (Å²) < 4.78 is 19.6. The second-order valence-electron chi connectivity index (χ2n) is 8.24. The average molecular weight is 437 g/mol. The van der Waals surface area contributed by atoms with E-state index < -0.39 is 33.8 Å². The molecule has 0 aliphatic carbocycles. The molecule has 0 fully saturated rings. The van der Waals surface area contributed by atoms with Gasteiger partial charge < -0.3 is 12.3 Å². The fourth-order valence-corrected chi connectivity index (χ4v) is 19.8. The van der Waals surface area contributed by atoms with Crippen molar-refractivity contribution in [3.8, 4) is 0 Å². The molecule has 0 amide bonds. The van der Waals surface area contributed by atoms with Crippen molar-refractivity contribution in [2.24, 2.45) is 0 Å². The first kappa shape index (κ1) is 33.5. The first-order chi connectivity index (χ1) is 9.73.